The molecular formula is C10H19NO. The van der Waals surface area contributed by atoms with Crippen LogP contribution in [0.4, 0.5) is 0 Å². The fourth-order valence-electron chi connectivity index (χ4n) is 1.93. The second kappa shape index (κ2) is 4.48. The van der Waals surface area contributed by atoms with Crippen molar-refractivity contribution in [1.29, 1.82) is 0 Å². The summed E-state index contributed by atoms with van der Waals surface area (Å²) in [6.07, 6.45) is 4.72. The summed E-state index contributed by atoms with van der Waals surface area (Å²) in [6.45, 7) is 6.47. The number of hydrogen-bond acceptors (Lipinski definition) is 1. The lowest BCUT2D eigenvalue weighted by atomic mass is 9.85. The Bertz CT molecular complexity index is 147. The summed E-state index contributed by atoms with van der Waals surface area (Å²) in [7, 11) is 0. The first-order valence-corrected chi connectivity index (χ1v) is 4.97. The molecule has 1 unspecified atom stereocenters. The minimum atomic E-state index is 0.744. The molecule has 1 rings (SSSR count). The molecule has 1 saturated heterocycles. The maximum Gasteiger partial charge on any atom is 0.209 e. The molecule has 0 bridgehead atoms. The maximum absolute atomic E-state index is 10.5. The van der Waals surface area contributed by atoms with Gasteiger partial charge in [-0.3, -0.25) is 4.79 Å². The van der Waals surface area contributed by atoms with Crippen molar-refractivity contribution >= 4 is 6.41 Å². The van der Waals surface area contributed by atoms with E-state index in [0.717, 1.165) is 31.3 Å². The predicted molar refractivity (Wildman–Crippen MR) is 49.8 cm³/mol. The van der Waals surface area contributed by atoms with Crippen LogP contribution in [0, 0.1) is 11.8 Å². The molecule has 1 aliphatic rings. The topological polar surface area (TPSA) is 20.3 Å². The Hall–Kier alpha value is -0.530. The Morgan fingerprint density at radius 2 is 2.42 bits per heavy atom. The molecule has 2 nitrogen and oxygen atoms in total. The summed E-state index contributed by atoms with van der Waals surface area (Å²) in [5.41, 5.74) is 0. The van der Waals surface area contributed by atoms with E-state index >= 15 is 0 Å². The van der Waals surface area contributed by atoms with Crippen molar-refractivity contribution in [3.05, 3.63) is 0 Å². The van der Waals surface area contributed by atoms with Gasteiger partial charge in [0.25, 0.3) is 0 Å². The molecule has 2 atom stereocenters. The molecular weight excluding hydrogens is 150 g/mol. The van der Waals surface area contributed by atoms with Crippen molar-refractivity contribution < 1.29 is 4.79 Å². The third-order valence-corrected chi connectivity index (χ3v) is 3.09. The third-order valence-electron chi connectivity index (χ3n) is 3.09. The molecule has 0 aromatic rings. The van der Waals surface area contributed by atoms with Crippen LogP contribution in [0.3, 0.4) is 0 Å². The smallest absolute Gasteiger partial charge is 0.209 e. The van der Waals surface area contributed by atoms with Crippen LogP contribution >= 0.6 is 0 Å². The van der Waals surface area contributed by atoms with Gasteiger partial charge >= 0.3 is 0 Å². The van der Waals surface area contributed by atoms with Crippen LogP contribution in [-0.2, 0) is 4.79 Å². The lowest BCUT2D eigenvalue weighted by molar-refractivity contribution is -0.120. The molecule has 0 radical (unpaired) electrons. The van der Waals surface area contributed by atoms with Crippen LogP contribution in [0.5, 0.6) is 0 Å². The number of carbonyl (C=O) groups excluding carboxylic acids is 1. The number of likely N-dealkylation sites (tertiary alicyclic amines) is 1. The molecule has 70 valence electrons. The van der Waals surface area contributed by atoms with Gasteiger partial charge in [0.05, 0.1) is 0 Å². The maximum atomic E-state index is 10.5. The van der Waals surface area contributed by atoms with Gasteiger partial charge in [-0.2, -0.15) is 0 Å². The minimum absolute atomic E-state index is 0.744. The fourth-order valence-corrected chi connectivity index (χ4v) is 1.93. The van der Waals surface area contributed by atoms with E-state index in [9.17, 15) is 4.79 Å². The summed E-state index contributed by atoms with van der Waals surface area (Å²) in [6, 6.07) is 0. The third kappa shape index (κ3) is 2.23. The van der Waals surface area contributed by atoms with E-state index in [-0.39, 0.29) is 0 Å². The number of rotatable bonds is 3. The van der Waals surface area contributed by atoms with Gasteiger partial charge in [0.15, 0.2) is 0 Å². The molecule has 0 spiro atoms. The van der Waals surface area contributed by atoms with E-state index < -0.39 is 0 Å². The largest absolute Gasteiger partial charge is 0.345 e. The highest BCUT2D eigenvalue weighted by Gasteiger charge is 2.22. The molecule has 1 fully saturated rings. The minimum Gasteiger partial charge on any atom is -0.345 e. The lowest BCUT2D eigenvalue weighted by Crippen LogP contribution is -2.36. The monoisotopic (exact) mass is 169 g/mol. The molecule has 1 amide bonds. The molecule has 0 aromatic heterocycles. The zero-order valence-electron chi connectivity index (χ0n) is 8.12. The average molecular weight is 169 g/mol. The van der Waals surface area contributed by atoms with Gasteiger partial charge in [-0.15, -0.1) is 0 Å². The van der Waals surface area contributed by atoms with Gasteiger partial charge in [-0.1, -0.05) is 20.3 Å². The average Bonchev–Trinajstić information content (AvgIpc) is 2.17. The zero-order chi connectivity index (χ0) is 8.97. The Morgan fingerprint density at radius 3 is 3.00 bits per heavy atom. The summed E-state index contributed by atoms with van der Waals surface area (Å²) < 4.78 is 0. The van der Waals surface area contributed by atoms with E-state index in [0.29, 0.717) is 0 Å². The number of piperidine rings is 1. The van der Waals surface area contributed by atoms with Crippen molar-refractivity contribution in [2.24, 2.45) is 11.8 Å². The highest BCUT2D eigenvalue weighted by Crippen LogP contribution is 2.24. The number of nitrogens with zero attached hydrogens (tertiary/aromatic N) is 1. The zero-order valence-corrected chi connectivity index (χ0v) is 8.12. The van der Waals surface area contributed by atoms with Crippen molar-refractivity contribution in [3.63, 3.8) is 0 Å². The van der Waals surface area contributed by atoms with Crippen molar-refractivity contribution in [2.75, 3.05) is 13.1 Å². The first-order valence-electron chi connectivity index (χ1n) is 4.97. The molecule has 0 saturated carbocycles. The van der Waals surface area contributed by atoms with E-state index in [1.54, 1.807) is 0 Å². The van der Waals surface area contributed by atoms with Gasteiger partial charge in [-0.05, 0) is 24.7 Å². The van der Waals surface area contributed by atoms with Crippen LogP contribution in [0.15, 0.2) is 0 Å². The predicted octanol–water partition coefficient (Wildman–Crippen LogP) is 1.90. The molecule has 0 aromatic carbocycles. The van der Waals surface area contributed by atoms with E-state index in [1.807, 2.05) is 4.90 Å². The van der Waals surface area contributed by atoms with Crippen LogP contribution in [0.1, 0.15) is 33.1 Å². The molecule has 2 heteroatoms. The van der Waals surface area contributed by atoms with E-state index in [1.165, 1.54) is 19.3 Å². The summed E-state index contributed by atoms with van der Waals surface area (Å²) in [5.74, 6) is 1.52. The second-order valence-electron chi connectivity index (χ2n) is 3.89. The van der Waals surface area contributed by atoms with Crippen LogP contribution in [-0.4, -0.2) is 24.4 Å². The summed E-state index contributed by atoms with van der Waals surface area (Å²) in [4.78, 5) is 12.5. The lowest BCUT2D eigenvalue weighted by Gasteiger charge is -2.33. The standard InChI is InChI=1S/C10H19NO/c1-3-9(2)10-5-4-6-11(7-10)8-12/h8-10H,3-7H2,1-2H3/t9-,10?/m1/s1. The Kier molecular flexibility index (Phi) is 3.57. The number of carbonyl (C=O) groups is 1. The Morgan fingerprint density at radius 1 is 1.67 bits per heavy atom. The molecule has 1 aliphatic heterocycles. The quantitative estimate of drug-likeness (QED) is 0.591. The van der Waals surface area contributed by atoms with E-state index in [4.69, 9.17) is 0 Å². The van der Waals surface area contributed by atoms with Crippen molar-refractivity contribution in [3.8, 4) is 0 Å². The van der Waals surface area contributed by atoms with Gasteiger partial charge in [0.1, 0.15) is 0 Å². The molecule has 0 aliphatic carbocycles. The van der Waals surface area contributed by atoms with Crippen molar-refractivity contribution in [2.45, 2.75) is 33.1 Å². The van der Waals surface area contributed by atoms with Gasteiger partial charge < -0.3 is 4.90 Å². The summed E-state index contributed by atoms with van der Waals surface area (Å²) >= 11 is 0. The molecule has 0 N–H and O–H groups in total. The summed E-state index contributed by atoms with van der Waals surface area (Å²) in [5, 5.41) is 0. The van der Waals surface area contributed by atoms with E-state index in [2.05, 4.69) is 13.8 Å². The molecule has 12 heavy (non-hydrogen) atoms. The normalized spacial score (nSPS) is 26.8. The van der Waals surface area contributed by atoms with Crippen LogP contribution in [0.2, 0.25) is 0 Å². The van der Waals surface area contributed by atoms with Gasteiger partial charge in [0, 0.05) is 13.1 Å². The van der Waals surface area contributed by atoms with Gasteiger partial charge in [0.2, 0.25) is 6.41 Å². The fraction of sp³-hybridized carbons (Fsp3) is 0.900. The number of hydrogen-bond donors (Lipinski definition) is 0. The highest BCUT2D eigenvalue weighted by atomic mass is 16.1. The number of amides is 1. The Balaban J connectivity index is 2.39. The molecule has 1 heterocycles. The van der Waals surface area contributed by atoms with Crippen LogP contribution in [0.25, 0.3) is 0 Å². The Labute approximate surface area is 74.9 Å². The van der Waals surface area contributed by atoms with Crippen LogP contribution < -0.4 is 0 Å². The first kappa shape index (κ1) is 9.56. The SMILES string of the molecule is CC[C@@H](C)C1CCCN(C=O)C1. The first-order chi connectivity index (χ1) is 5.77. The second-order valence-corrected chi connectivity index (χ2v) is 3.89. The van der Waals surface area contributed by atoms with Crippen molar-refractivity contribution in [1.82, 2.24) is 4.90 Å². The highest BCUT2D eigenvalue weighted by molar-refractivity contribution is 5.47. The van der Waals surface area contributed by atoms with Gasteiger partial charge in [-0.25, -0.2) is 0 Å².